The second-order valence-electron chi connectivity index (χ2n) is 5.39. The Morgan fingerprint density at radius 1 is 1.00 bits per heavy atom. The van der Waals surface area contributed by atoms with E-state index in [1.807, 2.05) is 30.3 Å². The molecule has 4 nitrogen and oxygen atoms in total. The van der Waals surface area contributed by atoms with E-state index in [1.165, 1.54) is 24.3 Å². The number of fused-ring (bicyclic) bond motifs is 1. The van der Waals surface area contributed by atoms with Gasteiger partial charge in [-0.1, -0.05) is 18.2 Å². The SMILES string of the molecule is O=C(CCC(=O)c1ccc(F)cc1)Nc1cnc2ccccc2c1. The summed E-state index contributed by atoms with van der Waals surface area (Å²) in [5.41, 5.74) is 1.84. The van der Waals surface area contributed by atoms with E-state index >= 15 is 0 Å². The number of nitrogens with zero attached hydrogens (tertiary/aromatic N) is 1. The highest BCUT2D eigenvalue weighted by Gasteiger charge is 2.10. The van der Waals surface area contributed by atoms with Crippen molar-refractivity contribution < 1.29 is 14.0 Å². The Kier molecular flexibility index (Phi) is 4.61. The van der Waals surface area contributed by atoms with Crippen LogP contribution in [0.5, 0.6) is 0 Å². The van der Waals surface area contributed by atoms with Gasteiger partial charge in [-0.3, -0.25) is 14.6 Å². The summed E-state index contributed by atoms with van der Waals surface area (Å²) in [6.45, 7) is 0. The molecule has 1 N–H and O–H groups in total. The standard InChI is InChI=1S/C19H15FN2O2/c20-15-7-5-13(6-8-15)18(23)9-10-19(24)22-16-11-14-3-1-2-4-17(14)21-12-16/h1-8,11-12H,9-10H2,(H,22,24). The minimum atomic E-state index is -0.395. The summed E-state index contributed by atoms with van der Waals surface area (Å²) in [5.74, 6) is -0.850. The van der Waals surface area contributed by atoms with Gasteiger partial charge in [0.1, 0.15) is 5.82 Å². The quantitative estimate of drug-likeness (QED) is 0.723. The highest BCUT2D eigenvalue weighted by atomic mass is 19.1. The van der Waals surface area contributed by atoms with E-state index in [4.69, 9.17) is 0 Å². The summed E-state index contributed by atoms with van der Waals surface area (Å²) < 4.78 is 12.8. The number of aromatic nitrogens is 1. The maximum atomic E-state index is 12.8. The minimum Gasteiger partial charge on any atom is -0.325 e. The van der Waals surface area contributed by atoms with E-state index in [2.05, 4.69) is 10.3 Å². The van der Waals surface area contributed by atoms with Gasteiger partial charge in [-0.25, -0.2) is 4.39 Å². The molecule has 3 aromatic rings. The summed E-state index contributed by atoms with van der Waals surface area (Å²) in [6.07, 6.45) is 1.71. The topological polar surface area (TPSA) is 59.1 Å². The Labute approximate surface area is 138 Å². The lowest BCUT2D eigenvalue weighted by atomic mass is 10.1. The molecule has 0 radical (unpaired) electrons. The molecule has 0 unspecified atom stereocenters. The van der Waals surface area contributed by atoms with Gasteiger partial charge in [0.05, 0.1) is 17.4 Å². The molecule has 0 saturated heterocycles. The van der Waals surface area contributed by atoms with E-state index in [0.717, 1.165) is 10.9 Å². The molecule has 2 aromatic carbocycles. The Balaban J connectivity index is 1.58. The monoisotopic (exact) mass is 322 g/mol. The molecule has 5 heteroatoms. The van der Waals surface area contributed by atoms with Crippen LogP contribution in [0, 0.1) is 5.82 Å². The molecule has 0 aliphatic rings. The molecular formula is C19H15FN2O2. The molecule has 3 rings (SSSR count). The van der Waals surface area contributed by atoms with Gasteiger partial charge in [-0.05, 0) is 36.4 Å². The Morgan fingerprint density at radius 3 is 2.54 bits per heavy atom. The molecule has 1 aromatic heterocycles. The molecule has 1 heterocycles. The fourth-order valence-electron chi connectivity index (χ4n) is 2.37. The number of halogens is 1. The normalized spacial score (nSPS) is 10.5. The first kappa shape index (κ1) is 15.8. The van der Waals surface area contributed by atoms with Crippen LogP contribution in [0.1, 0.15) is 23.2 Å². The van der Waals surface area contributed by atoms with Gasteiger partial charge >= 0.3 is 0 Å². The number of rotatable bonds is 5. The van der Waals surface area contributed by atoms with Crippen LogP contribution in [-0.2, 0) is 4.79 Å². The number of benzene rings is 2. The fourth-order valence-corrected chi connectivity index (χ4v) is 2.37. The number of para-hydroxylation sites is 1. The molecular weight excluding hydrogens is 307 g/mol. The smallest absolute Gasteiger partial charge is 0.224 e. The van der Waals surface area contributed by atoms with Crippen LogP contribution in [0.25, 0.3) is 10.9 Å². The summed E-state index contributed by atoms with van der Waals surface area (Å²) >= 11 is 0. The summed E-state index contributed by atoms with van der Waals surface area (Å²) in [4.78, 5) is 28.2. The van der Waals surface area contributed by atoms with Gasteiger partial charge in [0.15, 0.2) is 5.78 Å². The van der Waals surface area contributed by atoms with Crippen molar-refractivity contribution in [3.8, 4) is 0 Å². The van der Waals surface area contributed by atoms with E-state index < -0.39 is 5.82 Å². The molecule has 0 aliphatic heterocycles. The largest absolute Gasteiger partial charge is 0.325 e. The maximum absolute atomic E-state index is 12.8. The third kappa shape index (κ3) is 3.81. The third-order valence-corrected chi connectivity index (χ3v) is 3.62. The summed E-state index contributed by atoms with van der Waals surface area (Å²) in [5, 5.41) is 3.66. The lowest BCUT2D eigenvalue weighted by Gasteiger charge is -2.06. The van der Waals surface area contributed by atoms with Crippen molar-refractivity contribution in [3.05, 3.63) is 72.2 Å². The van der Waals surface area contributed by atoms with Gasteiger partial charge in [-0.15, -0.1) is 0 Å². The maximum Gasteiger partial charge on any atom is 0.224 e. The Hall–Kier alpha value is -3.08. The lowest BCUT2D eigenvalue weighted by molar-refractivity contribution is -0.116. The molecule has 0 saturated carbocycles. The van der Waals surface area contributed by atoms with Gasteiger partial charge in [0, 0.05) is 23.8 Å². The number of ketones is 1. The van der Waals surface area contributed by atoms with Crippen molar-refractivity contribution in [2.75, 3.05) is 5.32 Å². The number of anilines is 1. The number of Topliss-reactive ketones (excluding diaryl/α,β-unsaturated/α-hetero) is 1. The summed E-state index contributed by atoms with van der Waals surface area (Å²) in [7, 11) is 0. The van der Waals surface area contributed by atoms with Crippen molar-refractivity contribution >= 4 is 28.3 Å². The first-order valence-corrected chi connectivity index (χ1v) is 7.55. The second kappa shape index (κ2) is 7.00. The van der Waals surface area contributed by atoms with E-state index in [1.54, 1.807) is 6.20 Å². The predicted octanol–water partition coefficient (Wildman–Crippen LogP) is 3.98. The first-order valence-electron chi connectivity index (χ1n) is 7.55. The number of carbonyl (C=O) groups is 2. The van der Waals surface area contributed by atoms with Crippen molar-refractivity contribution in [2.45, 2.75) is 12.8 Å². The van der Waals surface area contributed by atoms with Crippen LogP contribution >= 0.6 is 0 Å². The molecule has 24 heavy (non-hydrogen) atoms. The van der Waals surface area contributed by atoms with Gasteiger partial charge in [-0.2, -0.15) is 0 Å². The second-order valence-corrected chi connectivity index (χ2v) is 5.39. The molecule has 0 bridgehead atoms. The van der Waals surface area contributed by atoms with Crippen molar-refractivity contribution in [3.63, 3.8) is 0 Å². The third-order valence-electron chi connectivity index (χ3n) is 3.62. The molecule has 0 fully saturated rings. The zero-order valence-corrected chi connectivity index (χ0v) is 12.8. The molecule has 0 aliphatic carbocycles. The number of amides is 1. The molecule has 1 amide bonds. The predicted molar refractivity (Wildman–Crippen MR) is 90.3 cm³/mol. The van der Waals surface area contributed by atoms with Gasteiger partial charge in [0.2, 0.25) is 5.91 Å². The molecule has 0 atom stereocenters. The van der Waals surface area contributed by atoms with E-state index in [0.29, 0.717) is 11.3 Å². The zero-order valence-electron chi connectivity index (χ0n) is 12.8. The number of hydrogen-bond donors (Lipinski definition) is 1. The van der Waals surface area contributed by atoms with Gasteiger partial charge < -0.3 is 5.32 Å². The van der Waals surface area contributed by atoms with Crippen molar-refractivity contribution in [1.82, 2.24) is 4.98 Å². The average Bonchev–Trinajstić information content (AvgIpc) is 2.60. The Bertz CT molecular complexity index is 891. The Morgan fingerprint density at radius 2 is 1.75 bits per heavy atom. The van der Waals surface area contributed by atoms with Crippen LogP contribution in [-0.4, -0.2) is 16.7 Å². The van der Waals surface area contributed by atoms with Crippen LogP contribution in [0.4, 0.5) is 10.1 Å². The molecule has 0 spiro atoms. The average molecular weight is 322 g/mol. The van der Waals surface area contributed by atoms with Crippen LogP contribution in [0.15, 0.2) is 60.8 Å². The lowest BCUT2D eigenvalue weighted by Crippen LogP contribution is -2.13. The number of pyridine rings is 1. The van der Waals surface area contributed by atoms with E-state index in [9.17, 15) is 14.0 Å². The van der Waals surface area contributed by atoms with E-state index in [-0.39, 0.29) is 24.5 Å². The molecule has 120 valence electrons. The summed E-state index contributed by atoms with van der Waals surface area (Å²) in [6, 6.07) is 14.7. The highest BCUT2D eigenvalue weighted by molar-refractivity contribution is 6.00. The first-order chi connectivity index (χ1) is 11.6. The minimum absolute atomic E-state index is 0.0586. The van der Waals surface area contributed by atoms with Crippen molar-refractivity contribution in [1.29, 1.82) is 0 Å². The van der Waals surface area contributed by atoms with Crippen LogP contribution < -0.4 is 5.32 Å². The highest BCUT2D eigenvalue weighted by Crippen LogP contribution is 2.16. The van der Waals surface area contributed by atoms with Crippen LogP contribution in [0.3, 0.4) is 0 Å². The van der Waals surface area contributed by atoms with Crippen molar-refractivity contribution in [2.24, 2.45) is 0 Å². The zero-order chi connectivity index (χ0) is 16.9. The van der Waals surface area contributed by atoms with Crippen LogP contribution in [0.2, 0.25) is 0 Å². The number of carbonyl (C=O) groups excluding carboxylic acids is 2. The number of nitrogens with one attached hydrogen (secondary N) is 1. The number of hydrogen-bond acceptors (Lipinski definition) is 3. The van der Waals surface area contributed by atoms with Gasteiger partial charge in [0.25, 0.3) is 0 Å². The fraction of sp³-hybridized carbons (Fsp3) is 0.105.